The molecule has 3 aromatic rings. The summed E-state index contributed by atoms with van der Waals surface area (Å²) in [5.41, 5.74) is -0.967. The average Bonchev–Trinajstić information content (AvgIpc) is 3.36. The van der Waals surface area contributed by atoms with Crippen molar-refractivity contribution in [3.8, 4) is 5.75 Å². The molecule has 0 saturated heterocycles. The van der Waals surface area contributed by atoms with Gasteiger partial charge in [-0.3, -0.25) is 24.0 Å². The van der Waals surface area contributed by atoms with Gasteiger partial charge in [0.25, 0.3) is 11.8 Å². The Bertz CT molecular complexity index is 1360. The normalized spacial score (nSPS) is 21.4. The largest absolute Gasteiger partial charge is 0.433 e. The van der Waals surface area contributed by atoms with Crippen LogP contribution in [0.25, 0.3) is 0 Å². The maximum Gasteiger partial charge on any atom is 0.387 e. The number of carbonyl (C=O) groups is 2. The van der Waals surface area contributed by atoms with E-state index in [4.69, 9.17) is 0 Å². The summed E-state index contributed by atoms with van der Waals surface area (Å²) in [5, 5.41) is 6.27. The quantitative estimate of drug-likeness (QED) is 0.343. The molecule has 2 aromatic heterocycles. The highest BCUT2D eigenvalue weighted by Gasteiger charge is 2.50. The van der Waals surface area contributed by atoms with Gasteiger partial charge in [-0.05, 0) is 38.1 Å². The number of aliphatic imine (C=N–C) groups is 1. The first-order valence-corrected chi connectivity index (χ1v) is 13.5. The SMILES string of the molecule is CC1C(C)(c2nc(NC(=O)c3ccc(OC(F)F)cn3)cs2)N=C(NC(=O)c2ccccc2)N(C)S1(O)O. The van der Waals surface area contributed by atoms with Crippen molar-refractivity contribution in [2.45, 2.75) is 31.2 Å². The van der Waals surface area contributed by atoms with Crippen molar-refractivity contribution in [1.29, 1.82) is 0 Å². The summed E-state index contributed by atoms with van der Waals surface area (Å²) in [5.74, 6) is -1.21. The number of carbonyl (C=O) groups excluding carboxylic acids is 2. The van der Waals surface area contributed by atoms with Gasteiger partial charge in [-0.2, -0.15) is 8.78 Å². The lowest BCUT2D eigenvalue weighted by atomic mass is 10.0. The fourth-order valence-electron chi connectivity index (χ4n) is 3.58. The number of hydrogen-bond acceptors (Lipinski definition) is 10. The standard InChI is InChI=1S/C23H24F2N6O5S2/c1-13-23(2,30-22(31(3)38(13,34)35)29-18(32)14-7-5-4-6-8-14)20-28-17(12-37-20)27-19(33)16-10-9-15(11-26-16)36-21(24)25/h4-13,21,34-35H,1-3H3,(H,27,33)(H,29,30,32). The van der Waals surface area contributed by atoms with E-state index in [2.05, 4.69) is 30.3 Å². The minimum atomic E-state index is -3.45. The van der Waals surface area contributed by atoms with Crippen molar-refractivity contribution in [2.75, 3.05) is 12.4 Å². The summed E-state index contributed by atoms with van der Waals surface area (Å²) in [6.45, 7) is 0.250. The highest BCUT2D eigenvalue weighted by molar-refractivity contribution is 8.23. The number of pyridine rings is 1. The Morgan fingerprint density at radius 2 is 1.87 bits per heavy atom. The molecule has 0 saturated carbocycles. The van der Waals surface area contributed by atoms with Crippen LogP contribution in [0, 0.1) is 0 Å². The van der Waals surface area contributed by atoms with Gasteiger partial charge in [0.15, 0.2) is 0 Å². The first-order chi connectivity index (χ1) is 17.9. The molecule has 3 heterocycles. The Kier molecular flexibility index (Phi) is 7.64. The number of aromatic nitrogens is 2. The summed E-state index contributed by atoms with van der Waals surface area (Å²) >= 11 is 1.13. The zero-order valence-electron chi connectivity index (χ0n) is 20.3. The highest BCUT2D eigenvalue weighted by atomic mass is 32.3. The number of ether oxygens (including phenoxy) is 1. The molecule has 1 aliphatic heterocycles. The van der Waals surface area contributed by atoms with E-state index in [-0.39, 0.29) is 23.2 Å². The van der Waals surface area contributed by atoms with E-state index >= 15 is 0 Å². The summed E-state index contributed by atoms with van der Waals surface area (Å²) in [4.78, 5) is 38.2. The second-order valence-electron chi connectivity index (χ2n) is 8.35. The maximum absolute atomic E-state index is 12.7. The molecule has 1 aromatic carbocycles. The predicted molar refractivity (Wildman–Crippen MR) is 140 cm³/mol. The Morgan fingerprint density at radius 1 is 1.16 bits per heavy atom. The van der Waals surface area contributed by atoms with E-state index in [9.17, 15) is 27.5 Å². The van der Waals surface area contributed by atoms with Crippen LogP contribution in [0.2, 0.25) is 0 Å². The van der Waals surface area contributed by atoms with Crippen LogP contribution in [0.3, 0.4) is 0 Å². The van der Waals surface area contributed by atoms with Gasteiger partial charge in [-0.15, -0.1) is 22.1 Å². The number of hydrogen-bond donors (Lipinski definition) is 4. The van der Waals surface area contributed by atoms with Crippen molar-refractivity contribution < 1.29 is 32.2 Å². The lowest BCUT2D eigenvalue weighted by Gasteiger charge is -2.53. The monoisotopic (exact) mass is 566 g/mol. The van der Waals surface area contributed by atoms with Crippen LogP contribution >= 0.6 is 22.1 Å². The third-order valence-electron chi connectivity index (χ3n) is 5.94. The molecule has 11 nitrogen and oxygen atoms in total. The fourth-order valence-corrected chi connectivity index (χ4v) is 6.19. The number of benzene rings is 1. The Balaban J connectivity index is 1.57. The molecule has 1 aliphatic rings. The Labute approximate surface area is 222 Å². The fraction of sp³-hybridized carbons (Fsp3) is 0.261. The van der Waals surface area contributed by atoms with Gasteiger partial charge in [0.1, 0.15) is 27.8 Å². The number of alkyl halides is 2. The molecule has 0 fully saturated rings. The van der Waals surface area contributed by atoms with Crippen molar-refractivity contribution in [3.63, 3.8) is 0 Å². The number of anilines is 1. The van der Waals surface area contributed by atoms with E-state index in [1.54, 1.807) is 49.6 Å². The molecule has 4 N–H and O–H groups in total. The van der Waals surface area contributed by atoms with Crippen molar-refractivity contribution in [1.82, 2.24) is 19.6 Å². The summed E-state index contributed by atoms with van der Waals surface area (Å²) in [6.07, 6.45) is 1.000. The summed E-state index contributed by atoms with van der Waals surface area (Å²) in [7, 11) is -2.03. The van der Waals surface area contributed by atoms with Crippen LogP contribution in [0.1, 0.15) is 39.7 Å². The number of nitrogens with one attached hydrogen (secondary N) is 2. The van der Waals surface area contributed by atoms with Crippen molar-refractivity contribution in [2.24, 2.45) is 4.99 Å². The molecule has 15 heteroatoms. The zero-order valence-corrected chi connectivity index (χ0v) is 22.0. The molecular formula is C23H24F2N6O5S2. The van der Waals surface area contributed by atoms with Crippen LogP contribution < -0.4 is 15.4 Å². The first-order valence-electron chi connectivity index (χ1n) is 11.1. The second-order valence-corrected chi connectivity index (χ2v) is 11.6. The average molecular weight is 567 g/mol. The van der Waals surface area contributed by atoms with Crippen LogP contribution in [0.4, 0.5) is 14.6 Å². The van der Waals surface area contributed by atoms with E-state index in [1.165, 1.54) is 19.2 Å². The molecule has 0 bridgehead atoms. The van der Waals surface area contributed by atoms with E-state index in [1.807, 2.05) is 0 Å². The van der Waals surface area contributed by atoms with Gasteiger partial charge in [0, 0.05) is 18.0 Å². The number of nitrogens with zero attached hydrogens (tertiary/aromatic N) is 4. The smallest absolute Gasteiger partial charge is 0.387 e. The first kappa shape index (κ1) is 27.4. The molecule has 0 spiro atoms. The van der Waals surface area contributed by atoms with Gasteiger partial charge < -0.3 is 10.1 Å². The number of halogens is 2. The minimum absolute atomic E-state index is 0.0458. The second kappa shape index (κ2) is 10.6. The van der Waals surface area contributed by atoms with E-state index in [0.717, 1.165) is 21.8 Å². The van der Waals surface area contributed by atoms with E-state index in [0.29, 0.717) is 10.6 Å². The lowest BCUT2D eigenvalue weighted by molar-refractivity contribution is -0.0500. The van der Waals surface area contributed by atoms with Crippen LogP contribution in [0.15, 0.2) is 59.0 Å². The molecule has 202 valence electrons. The number of rotatable bonds is 6. The minimum Gasteiger partial charge on any atom is -0.433 e. The van der Waals surface area contributed by atoms with Gasteiger partial charge >= 0.3 is 6.61 Å². The third-order valence-corrected chi connectivity index (χ3v) is 9.40. The molecule has 0 radical (unpaired) electrons. The maximum atomic E-state index is 12.7. The van der Waals surface area contributed by atoms with Crippen LogP contribution in [0.5, 0.6) is 5.75 Å². The van der Waals surface area contributed by atoms with Crippen LogP contribution in [-0.4, -0.2) is 60.1 Å². The predicted octanol–water partition coefficient (Wildman–Crippen LogP) is 4.39. The van der Waals surface area contributed by atoms with Crippen molar-refractivity contribution >= 4 is 45.7 Å². The third kappa shape index (κ3) is 5.45. The summed E-state index contributed by atoms with van der Waals surface area (Å²) in [6, 6.07) is 10.8. The Morgan fingerprint density at radius 3 is 2.50 bits per heavy atom. The van der Waals surface area contributed by atoms with Gasteiger partial charge in [-0.1, -0.05) is 18.2 Å². The molecule has 38 heavy (non-hydrogen) atoms. The number of guanidine groups is 1. The highest BCUT2D eigenvalue weighted by Crippen LogP contribution is 2.57. The van der Waals surface area contributed by atoms with E-state index < -0.39 is 40.0 Å². The molecule has 2 amide bonds. The van der Waals surface area contributed by atoms with Crippen molar-refractivity contribution in [3.05, 3.63) is 70.3 Å². The molecule has 2 unspecified atom stereocenters. The van der Waals surface area contributed by atoms with Gasteiger partial charge in [-0.25, -0.2) is 19.3 Å². The number of amides is 2. The number of thiazole rings is 1. The zero-order chi connectivity index (χ0) is 27.7. The summed E-state index contributed by atoms with van der Waals surface area (Å²) < 4.78 is 52.0. The lowest BCUT2D eigenvalue weighted by Crippen LogP contribution is -2.54. The van der Waals surface area contributed by atoms with Crippen LogP contribution in [-0.2, 0) is 5.54 Å². The molecular weight excluding hydrogens is 542 g/mol. The molecule has 0 aliphatic carbocycles. The molecule has 4 rings (SSSR count). The van der Waals surface area contributed by atoms with Gasteiger partial charge in [0.2, 0.25) is 5.96 Å². The Hall–Kier alpha value is -3.66. The molecule has 2 atom stereocenters. The topological polar surface area (TPSA) is 149 Å². The van der Waals surface area contributed by atoms with Gasteiger partial charge in [0.05, 0.1) is 11.4 Å².